The summed E-state index contributed by atoms with van der Waals surface area (Å²) in [6, 6.07) is 7.93. The van der Waals surface area contributed by atoms with Crippen LogP contribution in [0.5, 0.6) is 5.75 Å². The molecule has 110 valence electrons. The fraction of sp³-hybridized carbons (Fsp3) is 0.562. The third-order valence-electron chi connectivity index (χ3n) is 3.51. The van der Waals surface area contributed by atoms with E-state index in [0.29, 0.717) is 18.2 Å². The van der Waals surface area contributed by atoms with Crippen LogP contribution in [-0.4, -0.2) is 31.6 Å². The summed E-state index contributed by atoms with van der Waals surface area (Å²) in [5.41, 5.74) is 0.665. The van der Waals surface area contributed by atoms with E-state index in [0.717, 1.165) is 31.7 Å². The van der Waals surface area contributed by atoms with Crippen molar-refractivity contribution in [3.8, 4) is 5.75 Å². The maximum Gasteiger partial charge on any atom is 0.251 e. The van der Waals surface area contributed by atoms with E-state index < -0.39 is 0 Å². The van der Waals surface area contributed by atoms with Gasteiger partial charge in [-0.25, -0.2) is 0 Å². The van der Waals surface area contributed by atoms with Crippen molar-refractivity contribution in [3.05, 3.63) is 29.8 Å². The molecule has 0 aromatic heterocycles. The number of hydrogen-bond acceptors (Lipinski definition) is 3. The Kier molecular flexibility index (Phi) is 5.87. The smallest absolute Gasteiger partial charge is 0.251 e. The Morgan fingerprint density at radius 2 is 2.40 bits per heavy atom. The van der Waals surface area contributed by atoms with E-state index in [4.69, 9.17) is 4.74 Å². The Bertz CT molecular complexity index is 428. The second-order valence-electron chi connectivity index (χ2n) is 5.21. The second-order valence-corrected chi connectivity index (χ2v) is 5.21. The predicted octanol–water partition coefficient (Wildman–Crippen LogP) is 2.35. The summed E-state index contributed by atoms with van der Waals surface area (Å²) in [4.78, 5) is 12.1. The zero-order valence-electron chi connectivity index (χ0n) is 12.2. The van der Waals surface area contributed by atoms with Gasteiger partial charge in [0, 0.05) is 18.2 Å². The molecule has 1 atom stereocenters. The monoisotopic (exact) mass is 276 g/mol. The number of carbonyl (C=O) groups is 1. The third kappa shape index (κ3) is 4.53. The predicted molar refractivity (Wildman–Crippen MR) is 80.2 cm³/mol. The zero-order valence-corrected chi connectivity index (χ0v) is 12.2. The number of amides is 1. The van der Waals surface area contributed by atoms with Crippen molar-refractivity contribution in [2.45, 2.75) is 38.6 Å². The summed E-state index contributed by atoms with van der Waals surface area (Å²) in [7, 11) is 0. The van der Waals surface area contributed by atoms with Crippen LogP contribution in [0.4, 0.5) is 0 Å². The van der Waals surface area contributed by atoms with Crippen molar-refractivity contribution in [2.75, 3.05) is 19.7 Å². The lowest BCUT2D eigenvalue weighted by Gasteiger charge is -2.11. The molecule has 1 aliphatic rings. The number of hydrogen-bond donors (Lipinski definition) is 2. The molecule has 0 spiro atoms. The van der Waals surface area contributed by atoms with Crippen LogP contribution < -0.4 is 15.4 Å². The molecular formula is C16H24N2O2. The Morgan fingerprint density at radius 3 is 3.15 bits per heavy atom. The van der Waals surface area contributed by atoms with Crippen LogP contribution in [0.15, 0.2) is 24.3 Å². The van der Waals surface area contributed by atoms with Crippen LogP contribution in [0.25, 0.3) is 0 Å². The van der Waals surface area contributed by atoms with Crippen molar-refractivity contribution >= 4 is 5.91 Å². The number of benzene rings is 1. The standard InChI is InChI=1S/C16H24N2O2/c1-2-11-20-15-7-3-5-13(12-15)16(19)18-10-8-14-6-4-9-17-14/h3,5,7,12,14,17H,2,4,6,8-11H2,1H3,(H,18,19). The second kappa shape index (κ2) is 7.90. The Hall–Kier alpha value is -1.55. The average molecular weight is 276 g/mol. The van der Waals surface area contributed by atoms with E-state index in [1.807, 2.05) is 18.2 Å². The molecule has 1 heterocycles. The number of carbonyl (C=O) groups excluding carboxylic acids is 1. The molecule has 1 amide bonds. The lowest BCUT2D eigenvalue weighted by molar-refractivity contribution is 0.0952. The first-order valence-corrected chi connectivity index (χ1v) is 7.54. The average Bonchev–Trinajstić information content (AvgIpc) is 2.98. The first-order chi connectivity index (χ1) is 9.79. The Labute approximate surface area is 120 Å². The van der Waals surface area contributed by atoms with Crippen LogP contribution in [0.2, 0.25) is 0 Å². The molecule has 4 nitrogen and oxygen atoms in total. The van der Waals surface area contributed by atoms with Crippen LogP contribution in [0.1, 0.15) is 43.0 Å². The summed E-state index contributed by atoms with van der Waals surface area (Å²) >= 11 is 0. The highest BCUT2D eigenvalue weighted by molar-refractivity contribution is 5.94. The molecule has 4 heteroatoms. The fourth-order valence-corrected chi connectivity index (χ4v) is 2.41. The summed E-state index contributed by atoms with van der Waals surface area (Å²) in [5.74, 6) is 0.738. The Balaban J connectivity index is 1.78. The van der Waals surface area contributed by atoms with Crippen LogP contribution in [-0.2, 0) is 0 Å². The van der Waals surface area contributed by atoms with Gasteiger partial charge in [0.05, 0.1) is 6.61 Å². The Morgan fingerprint density at radius 1 is 1.50 bits per heavy atom. The molecule has 0 saturated carbocycles. The van der Waals surface area contributed by atoms with Gasteiger partial charge in [-0.15, -0.1) is 0 Å². The first-order valence-electron chi connectivity index (χ1n) is 7.54. The number of rotatable bonds is 7. The molecule has 1 saturated heterocycles. The highest BCUT2D eigenvalue weighted by atomic mass is 16.5. The van der Waals surface area contributed by atoms with Gasteiger partial charge in [0.25, 0.3) is 5.91 Å². The van der Waals surface area contributed by atoms with Gasteiger partial charge in [-0.3, -0.25) is 4.79 Å². The summed E-state index contributed by atoms with van der Waals surface area (Å²) in [5, 5.41) is 6.41. The van der Waals surface area contributed by atoms with Crippen molar-refractivity contribution in [1.29, 1.82) is 0 Å². The van der Waals surface area contributed by atoms with E-state index in [9.17, 15) is 4.79 Å². The van der Waals surface area contributed by atoms with E-state index in [1.165, 1.54) is 12.8 Å². The molecule has 2 N–H and O–H groups in total. The molecule has 1 unspecified atom stereocenters. The summed E-state index contributed by atoms with van der Waals surface area (Å²) in [6.07, 6.45) is 4.42. The normalized spacial score (nSPS) is 17.9. The van der Waals surface area contributed by atoms with E-state index in [2.05, 4.69) is 17.6 Å². The van der Waals surface area contributed by atoms with Crippen molar-refractivity contribution in [1.82, 2.24) is 10.6 Å². The highest BCUT2D eigenvalue weighted by Gasteiger charge is 2.14. The molecule has 1 aliphatic heterocycles. The SMILES string of the molecule is CCCOc1cccc(C(=O)NCCC2CCCN2)c1. The quantitative estimate of drug-likeness (QED) is 0.803. The van der Waals surface area contributed by atoms with Gasteiger partial charge in [0.15, 0.2) is 0 Å². The molecular weight excluding hydrogens is 252 g/mol. The lowest BCUT2D eigenvalue weighted by atomic mass is 10.1. The fourth-order valence-electron chi connectivity index (χ4n) is 2.41. The zero-order chi connectivity index (χ0) is 14.2. The largest absolute Gasteiger partial charge is 0.494 e. The third-order valence-corrected chi connectivity index (χ3v) is 3.51. The van der Waals surface area contributed by atoms with E-state index in [1.54, 1.807) is 6.07 Å². The maximum atomic E-state index is 12.1. The summed E-state index contributed by atoms with van der Waals surface area (Å²) < 4.78 is 5.54. The number of nitrogens with one attached hydrogen (secondary N) is 2. The van der Waals surface area contributed by atoms with Crippen molar-refractivity contribution in [3.63, 3.8) is 0 Å². The molecule has 0 bridgehead atoms. The van der Waals surface area contributed by atoms with Crippen LogP contribution >= 0.6 is 0 Å². The van der Waals surface area contributed by atoms with E-state index >= 15 is 0 Å². The molecule has 0 radical (unpaired) electrons. The number of ether oxygens (including phenoxy) is 1. The molecule has 1 fully saturated rings. The van der Waals surface area contributed by atoms with E-state index in [-0.39, 0.29) is 5.91 Å². The van der Waals surface area contributed by atoms with Gasteiger partial charge in [-0.1, -0.05) is 13.0 Å². The van der Waals surface area contributed by atoms with Gasteiger partial charge in [0.2, 0.25) is 0 Å². The van der Waals surface area contributed by atoms with Crippen molar-refractivity contribution in [2.24, 2.45) is 0 Å². The van der Waals surface area contributed by atoms with Crippen LogP contribution in [0.3, 0.4) is 0 Å². The minimum Gasteiger partial charge on any atom is -0.494 e. The molecule has 1 aromatic carbocycles. The topological polar surface area (TPSA) is 50.4 Å². The van der Waals surface area contributed by atoms with Crippen LogP contribution in [0, 0.1) is 0 Å². The molecule has 2 rings (SSSR count). The first kappa shape index (κ1) is 14.9. The van der Waals surface area contributed by atoms with Gasteiger partial charge in [-0.2, -0.15) is 0 Å². The maximum absolute atomic E-state index is 12.1. The van der Waals surface area contributed by atoms with Gasteiger partial charge in [0.1, 0.15) is 5.75 Å². The summed E-state index contributed by atoms with van der Waals surface area (Å²) in [6.45, 7) is 4.57. The van der Waals surface area contributed by atoms with Gasteiger partial charge in [-0.05, 0) is 50.4 Å². The van der Waals surface area contributed by atoms with Crippen molar-refractivity contribution < 1.29 is 9.53 Å². The molecule has 0 aliphatic carbocycles. The van der Waals surface area contributed by atoms with Gasteiger partial charge < -0.3 is 15.4 Å². The molecule has 1 aromatic rings. The lowest BCUT2D eigenvalue weighted by Crippen LogP contribution is -2.30. The minimum atomic E-state index is -0.0232. The molecule has 20 heavy (non-hydrogen) atoms. The van der Waals surface area contributed by atoms with Gasteiger partial charge >= 0.3 is 0 Å². The highest BCUT2D eigenvalue weighted by Crippen LogP contribution is 2.14. The minimum absolute atomic E-state index is 0.0232.